The number of benzene rings is 2. The minimum Gasteiger partial charge on any atom is -0.503 e. The molecule has 2 saturated heterocycles. The predicted molar refractivity (Wildman–Crippen MR) is 154 cm³/mol. The van der Waals surface area contributed by atoms with Crippen LogP contribution >= 0.6 is 55.1 Å². The maximum atomic E-state index is 15.1. The topological polar surface area (TPSA) is 104 Å². The van der Waals surface area contributed by atoms with E-state index in [1.165, 1.54) is 20.2 Å². The minimum absolute atomic E-state index is 0.00165. The summed E-state index contributed by atoms with van der Waals surface area (Å²) in [4.78, 5) is 50.0. The summed E-state index contributed by atoms with van der Waals surface area (Å²) in [6, 6.07) is 1.25. The number of ether oxygens (including phenoxy) is 1. The first-order chi connectivity index (χ1) is 21.0. The fourth-order valence-corrected chi connectivity index (χ4v) is 8.93. The van der Waals surface area contributed by atoms with Crippen LogP contribution < -0.4 is 9.64 Å². The zero-order chi connectivity index (χ0) is 33.2. The van der Waals surface area contributed by atoms with Gasteiger partial charge in [-0.05, 0) is 62.2 Å². The molecule has 6 atom stereocenters. The molecule has 6 rings (SSSR count). The molecule has 238 valence electrons. The molecule has 2 aliphatic carbocycles. The number of nitrogens with zero attached hydrogens (tertiary/aromatic N) is 2. The van der Waals surface area contributed by atoms with Gasteiger partial charge < -0.3 is 9.84 Å². The van der Waals surface area contributed by atoms with Crippen LogP contribution in [-0.4, -0.2) is 57.5 Å². The Balaban J connectivity index is 1.67. The second-order valence-corrected chi connectivity index (χ2v) is 13.9. The standard InChI is InChI=1S/C28H17Br2Cl2F5N2O6/c1-38-23(41)8-4-3-7-10(12(8)24(38)42)6-27(31)25(43)39(21-19(36)17(34)16(33)18(35)20(21)37)26(44)28(27,32)13(7)9-5-11(45-2)22(40)15(30)14(9)29/h3,5,8,10,12-13,40H,4,6H2,1-2H3/t8-,10+,12-,13+,27+,28-/m0/s1. The Hall–Kier alpha value is -2.75. The molecule has 2 aliphatic heterocycles. The van der Waals surface area contributed by atoms with Gasteiger partial charge in [-0.25, -0.2) is 26.9 Å². The van der Waals surface area contributed by atoms with Gasteiger partial charge in [0, 0.05) is 17.4 Å². The van der Waals surface area contributed by atoms with Crippen molar-refractivity contribution in [2.45, 2.75) is 28.5 Å². The third-order valence-electron chi connectivity index (χ3n) is 9.15. The van der Waals surface area contributed by atoms with Crippen molar-refractivity contribution in [1.82, 2.24) is 4.90 Å². The molecular weight excluding hydrogens is 786 g/mol. The molecule has 0 bridgehead atoms. The molecule has 2 aromatic carbocycles. The first-order valence-electron chi connectivity index (χ1n) is 13.0. The number of rotatable bonds is 3. The van der Waals surface area contributed by atoms with Crippen molar-refractivity contribution in [1.29, 1.82) is 0 Å². The number of halogens is 9. The summed E-state index contributed by atoms with van der Waals surface area (Å²) in [5.41, 5.74) is -1.59. The molecule has 0 radical (unpaired) electrons. The Kier molecular flexibility index (Phi) is 7.43. The molecule has 17 heteroatoms. The zero-order valence-electron chi connectivity index (χ0n) is 22.7. The van der Waals surface area contributed by atoms with Crippen LogP contribution in [0.15, 0.2) is 26.7 Å². The van der Waals surface area contributed by atoms with Crippen molar-refractivity contribution in [3.05, 3.63) is 61.3 Å². The first kappa shape index (κ1) is 32.2. The Morgan fingerprint density at radius 2 is 1.49 bits per heavy atom. The number of carbonyl (C=O) groups is 4. The summed E-state index contributed by atoms with van der Waals surface area (Å²) in [5, 5.41) is 10.6. The van der Waals surface area contributed by atoms with Gasteiger partial charge in [-0.2, -0.15) is 0 Å². The molecule has 2 heterocycles. The lowest BCUT2D eigenvalue weighted by Gasteiger charge is -2.51. The lowest BCUT2D eigenvalue weighted by Crippen LogP contribution is -2.60. The maximum absolute atomic E-state index is 15.1. The highest BCUT2D eigenvalue weighted by molar-refractivity contribution is 9.13. The van der Waals surface area contributed by atoms with E-state index in [1.54, 1.807) is 6.08 Å². The Morgan fingerprint density at radius 3 is 2.07 bits per heavy atom. The number of amides is 4. The van der Waals surface area contributed by atoms with Crippen LogP contribution in [0.5, 0.6) is 11.5 Å². The van der Waals surface area contributed by atoms with E-state index < -0.39 is 104 Å². The number of phenols is 1. The average molecular weight is 803 g/mol. The van der Waals surface area contributed by atoms with Gasteiger partial charge in [-0.3, -0.25) is 24.1 Å². The molecule has 8 nitrogen and oxygen atoms in total. The molecule has 1 N–H and O–H groups in total. The second kappa shape index (κ2) is 10.4. The Labute approximate surface area is 277 Å². The monoisotopic (exact) mass is 800 g/mol. The molecule has 4 aliphatic rings. The van der Waals surface area contributed by atoms with E-state index in [-0.39, 0.29) is 37.2 Å². The first-order valence-corrected chi connectivity index (χ1v) is 15.4. The van der Waals surface area contributed by atoms with Crippen LogP contribution in [0.3, 0.4) is 0 Å². The van der Waals surface area contributed by atoms with Gasteiger partial charge in [0.15, 0.2) is 44.5 Å². The summed E-state index contributed by atoms with van der Waals surface area (Å²) < 4.78 is 78.1. The zero-order valence-corrected chi connectivity index (χ0v) is 27.3. The van der Waals surface area contributed by atoms with E-state index in [0.717, 1.165) is 4.90 Å². The molecule has 2 aromatic rings. The predicted octanol–water partition coefficient (Wildman–Crippen LogP) is 5.81. The van der Waals surface area contributed by atoms with Crippen molar-refractivity contribution in [2.24, 2.45) is 17.8 Å². The molecule has 3 fully saturated rings. The number of allylic oxidation sites excluding steroid dienone is 2. The number of anilines is 1. The molecule has 4 amide bonds. The maximum Gasteiger partial charge on any atom is 0.258 e. The van der Waals surface area contributed by atoms with Gasteiger partial charge in [0.25, 0.3) is 11.8 Å². The van der Waals surface area contributed by atoms with Crippen molar-refractivity contribution in [2.75, 3.05) is 19.1 Å². The van der Waals surface area contributed by atoms with Crippen LogP contribution in [0.1, 0.15) is 24.3 Å². The number of hydrogen-bond donors (Lipinski definition) is 1. The fourth-order valence-electron chi connectivity index (χ4n) is 7.05. The smallest absolute Gasteiger partial charge is 0.258 e. The molecule has 1 saturated carbocycles. The number of imide groups is 2. The van der Waals surface area contributed by atoms with Crippen LogP contribution in [0, 0.1) is 46.8 Å². The van der Waals surface area contributed by atoms with Gasteiger partial charge in [0.1, 0.15) is 5.69 Å². The van der Waals surface area contributed by atoms with E-state index in [4.69, 9.17) is 27.9 Å². The van der Waals surface area contributed by atoms with Gasteiger partial charge in [-0.15, -0.1) is 23.2 Å². The van der Waals surface area contributed by atoms with Gasteiger partial charge in [0.2, 0.25) is 17.6 Å². The summed E-state index contributed by atoms with van der Waals surface area (Å²) in [6.07, 6.45) is 0.931. The highest BCUT2D eigenvalue weighted by Crippen LogP contribution is 2.67. The average Bonchev–Trinajstić information content (AvgIpc) is 3.32. The number of carbonyl (C=O) groups excluding carboxylic acids is 4. The molecule has 45 heavy (non-hydrogen) atoms. The van der Waals surface area contributed by atoms with Crippen LogP contribution in [0.25, 0.3) is 0 Å². The van der Waals surface area contributed by atoms with Gasteiger partial charge in [-0.1, -0.05) is 11.6 Å². The number of likely N-dealkylation sites (tertiary alicyclic amines) is 1. The largest absolute Gasteiger partial charge is 0.503 e. The summed E-state index contributed by atoms with van der Waals surface area (Å²) in [7, 11) is 2.49. The number of alkyl halides is 2. The van der Waals surface area contributed by atoms with Crippen LogP contribution in [0.2, 0.25) is 0 Å². The fraction of sp³-hybridized carbons (Fsp3) is 0.357. The number of phenolic OH excluding ortho intramolecular Hbond substituents is 1. The van der Waals surface area contributed by atoms with E-state index in [9.17, 15) is 37.5 Å². The highest BCUT2D eigenvalue weighted by atomic mass is 79.9. The van der Waals surface area contributed by atoms with E-state index in [2.05, 4.69) is 31.9 Å². The summed E-state index contributed by atoms with van der Waals surface area (Å²) >= 11 is 20.7. The number of fused-ring (bicyclic) bond motifs is 4. The van der Waals surface area contributed by atoms with Crippen molar-refractivity contribution >= 4 is 84.4 Å². The third-order valence-corrected chi connectivity index (χ3v) is 12.7. The number of aromatic hydroxyl groups is 1. The van der Waals surface area contributed by atoms with E-state index in [0.29, 0.717) is 0 Å². The van der Waals surface area contributed by atoms with E-state index in [1.807, 2.05) is 0 Å². The SMILES string of the molecule is COc1cc([C@H]2C3=CC[C@@H]4C(=O)N(C)C(=O)[C@@H]4[C@@H]3C[C@@]3(Cl)C(=O)N(c4c(F)c(F)c(F)c(F)c4F)C(=O)[C@@]23Cl)c(Br)c(Br)c1O. The van der Waals surface area contributed by atoms with Crippen molar-refractivity contribution in [3.8, 4) is 11.5 Å². The second-order valence-electron chi connectivity index (χ2n) is 11.1. The lowest BCUT2D eigenvalue weighted by molar-refractivity contribution is -0.138. The lowest BCUT2D eigenvalue weighted by atomic mass is 9.56. The third kappa shape index (κ3) is 3.86. The Morgan fingerprint density at radius 1 is 0.911 bits per heavy atom. The van der Waals surface area contributed by atoms with Crippen LogP contribution in [-0.2, 0) is 19.2 Å². The molecule has 0 spiro atoms. The Bertz CT molecular complexity index is 1800. The van der Waals surface area contributed by atoms with Crippen LogP contribution in [0.4, 0.5) is 27.6 Å². The number of hydrogen-bond acceptors (Lipinski definition) is 6. The van der Waals surface area contributed by atoms with Gasteiger partial charge >= 0.3 is 0 Å². The minimum atomic E-state index is -2.72. The summed E-state index contributed by atoms with van der Waals surface area (Å²) in [5.74, 6) is -21.8. The normalized spacial score (nSPS) is 30.9. The van der Waals surface area contributed by atoms with Crippen molar-refractivity contribution < 1.29 is 51.0 Å². The highest BCUT2D eigenvalue weighted by Gasteiger charge is 2.77. The number of methoxy groups -OCH3 is 1. The van der Waals surface area contributed by atoms with Crippen molar-refractivity contribution in [3.63, 3.8) is 0 Å². The molecule has 0 aromatic heterocycles. The van der Waals surface area contributed by atoms with Gasteiger partial charge in [0.05, 0.1) is 23.4 Å². The summed E-state index contributed by atoms with van der Waals surface area (Å²) in [6.45, 7) is 0. The quantitative estimate of drug-likeness (QED) is 0.105. The molecular formula is C28H17Br2Cl2F5N2O6. The van der Waals surface area contributed by atoms with E-state index >= 15 is 8.78 Å². The molecule has 0 unspecified atom stereocenters.